The zero-order valence-electron chi connectivity index (χ0n) is 12.1. The van der Waals surface area contributed by atoms with E-state index in [9.17, 15) is 14.4 Å². The van der Waals surface area contributed by atoms with Gasteiger partial charge in [0.15, 0.2) is 0 Å². The van der Waals surface area contributed by atoms with Crippen molar-refractivity contribution in [3.63, 3.8) is 0 Å². The Hall–Kier alpha value is -1.79. The molecule has 1 saturated carbocycles. The first-order valence-electron chi connectivity index (χ1n) is 7.78. The molecule has 1 spiro atoms. The minimum atomic E-state index is -0.807. The van der Waals surface area contributed by atoms with Crippen LogP contribution in [0.1, 0.15) is 44.9 Å². The van der Waals surface area contributed by atoms with E-state index < -0.39 is 11.6 Å². The molecule has 0 bridgehead atoms. The maximum atomic E-state index is 12.2. The Morgan fingerprint density at radius 2 is 1.81 bits per heavy atom. The van der Waals surface area contributed by atoms with Crippen molar-refractivity contribution in [1.82, 2.24) is 20.9 Å². The van der Waals surface area contributed by atoms with Gasteiger partial charge in [-0.2, -0.15) is 0 Å². The number of piperidine rings is 1. The lowest BCUT2D eigenvalue weighted by Gasteiger charge is -2.37. The lowest BCUT2D eigenvalue weighted by atomic mass is 9.88. The normalized spacial score (nSPS) is 25.6. The number of hydrogen-bond donors (Lipinski definition) is 3. The molecular weight excluding hydrogens is 272 g/mol. The predicted octanol–water partition coefficient (Wildman–Crippen LogP) is 0.703. The molecule has 1 aliphatic carbocycles. The summed E-state index contributed by atoms with van der Waals surface area (Å²) in [5.41, 5.74) is -0.807. The van der Waals surface area contributed by atoms with Gasteiger partial charge in [0.25, 0.3) is 5.91 Å². The third kappa shape index (κ3) is 2.82. The number of urea groups is 2. The second-order valence-electron chi connectivity index (χ2n) is 6.26. The number of carbonyl (C=O) groups is 3. The number of nitrogens with zero attached hydrogens (tertiary/aromatic N) is 1. The van der Waals surface area contributed by atoms with E-state index in [1.165, 1.54) is 19.3 Å². The highest BCUT2D eigenvalue weighted by Gasteiger charge is 2.48. The van der Waals surface area contributed by atoms with Gasteiger partial charge >= 0.3 is 12.1 Å². The highest BCUT2D eigenvalue weighted by molar-refractivity contribution is 6.07. The molecular formula is C14H22N4O3. The highest BCUT2D eigenvalue weighted by atomic mass is 16.2. The summed E-state index contributed by atoms with van der Waals surface area (Å²) in [6, 6.07) is -0.182. The van der Waals surface area contributed by atoms with Crippen LogP contribution in [0.25, 0.3) is 0 Å². The van der Waals surface area contributed by atoms with Crippen molar-refractivity contribution in [2.45, 2.75) is 56.5 Å². The van der Waals surface area contributed by atoms with E-state index in [1.807, 2.05) is 0 Å². The largest absolute Gasteiger partial charge is 0.335 e. The zero-order chi connectivity index (χ0) is 14.9. The van der Waals surface area contributed by atoms with Crippen molar-refractivity contribution < 1.29 is 14.4 Å². The van der Waals surface area contributed by atoms with Gasteiger partial charge in [-0.1, -0.05) is 19.3 Å². The molecule has 0 aromatic carbocycles. The van der Waals surface area contributed by atoms with Crippen LogP contribution in [0.4, 0.5) is 9.59 Å². The van der Waals surface area contributed by atoms with E-state index in [0.717, 1.165) is 12.8 Å². The molecule has 2 saturated heterocycles. The summed E-state index contributed by atoms with van der Waals surface area (Å²) in [7, 11) is 0. The third-order valence-electron chi connectivity index (χ3n) is 4.85. The van der Waals surface area contributed by atoms with Crippen LogP contribution in [0.2, 0.25) is 0 Å². The standard InChI is InChI=1S/C14H22N4O3/c19-11-14(17-12(20)16-11)6-8-18(9-7-14)13(21)15-10-4-2-1-3-5-10/h10H,1-9H2,(H,15,21)(H2,16,17,19,20). The summed E-state index contributed by atoms with van der Waals surface area (Å²) < 4.78 is 0. The second kappa shape index (κ2) is 5.54. The average molecular weight is 294 g/mol. The fourth-order valence-electron chi connectivity index (χ4n) is 3.48. The van der Waals surface area contributed by atoms with Gasteiger partial charge in [0.1, 0.15) is 5.54 Å². The number of hydrogen-bond acceptors (Lipinski definition) is 3. The minimum Gasteiger partial charge on any atom is -0.335 e. The first-order chi connectivity index (χ1) is 10.1. The van der Waals surface area contributed by atoms with Gasteiger partial charge < -0.3 is 15.5 Å². The molecule has 116 valence electrons. The van der Waals surface area contributed by atoms with Crippen LogP contribution in [0, 0.1) is 0 Å². The molecule has 3 aliphatic rings. The highest BCUT2D eigenvalue weighted by Crippen LogP contribution is 2.26. The van der Waals surface area contributed by atoms with E-state index in [-0.39, 0.29) is 18.0 Å². The monoisotopic (exact) mass is 294 g/mol. The van der Waals surface area contributed by atoms with Crippen LogP contribution in [-0.2, 0) is 4.79 Å². The SMILES string of the molecule is O=C1NC(=O)C2(CCN(C(=O)NC3CCCCC3)CC2)N1. The molecule has 2 aliphatic heterocycles. The van der Waals surface area contributed by atoms with Crippen LogP contribution in [0.3, 0.4) is 0 Å². The van der Waals surface area contributed by atoms with Gasteiger partial charge in [0.05, 0.1) is 0 Å². The van der Waals surface area contributed by atoms with Crippen molar-refractivity contribution in [2.24, 2.45) is 0 Å². The molecule has 0 aromatic heterocycles. The lowest BCUT2D eigenvalue weighted by Crippen LogP contribution is -2.57. The lowest BCUT2D eigenvalue weighted by molar-refractivity contribution is -0.125. The first-order valence-corrected chi connectivity index (χ1v) is 7.78. The van der Waals surface area contributed by atoms with E-state index in [0.29, 0.717) is 25.9 Å². The van der Waals surface area contributed by atoms with Crippen LogP contribution >= 0.6 is 0 Å². The fraction of sp³-hybridized carbons (Fsp3) is 0.786. The van der Waals surface area contributed by atoms with Gasteiger partial charge in [-0.25, -0.2) is 9.59 Å². The van der Waals surface area contributed by atoms with Gasteiger partial charge in [-0.15, -0.1) is 0 Å². The molecule has 3 N–H and O–H groups in total. The molecule has 0 aromatic rings. The topological polar surface area (TPSA) is 90.5 Å². The molecule has 2 heterocycles. The van der Waals surface area contributed by atoms with Gasteiger partial charge in [0.2, 0.25) is 0 Å². The first kappa shape index (κ1) is 14.2. The maximum Gasteiger partial charge on any atom is 0.322 e. The van der Waals surface area contributed by atoms with E-state index in [2.05, 4.69) is 16.0 Å². The number of nitrogens with one attached hydrogen (secondary N) is 3. The molecule has 21 heavy (non-hydrogen) atoms. The van der Waals surface area contributed by atoms with Gasteiger partial charge in [-0.3, -0.25) is 10.1 Å². The molecule has 0 radical (unpaired) electrons. The average Bonchev–Trinajstić information content (AvgIpc) is 2.74. The summed E-state index contributed by atoms with van der Waals surface area (Å²) in [6.07, 6.45) is 6.68. The van der Waals surface area contributed by atoms with E-state index in [4.69, 9.17) is 0 Å². The summed E-state index contributed by atoms with van der Waals surface area (Å²) in [6.45, 7) is 0.985. The van der Waals surface area contributed by atoms with E-state index >= 15 is 0 Å². The molecule has 3 rings (SSSR count). The van der Waals surface area contributed by atoms with Crippen molar-refractivity contribution in [2.75, 3.05) is 13.1 Å². The Kier molecular flexibility index (Phi) is 3.73. The fourth-order valence-corrected chi connectivity index (χ4v) is 3.48. The third-order valence-corrected chi connectivity index (χ3v) is 4.85. The number of imide groups is 1. The molecule has 0 atom stereocenters. The predicted molar refractivity (Wildman–Crippen MR) is 75.6 cm³/mol. The minimum absolute atomic E-state index is 0.0403. The van der Waals surface area contributed by atoms with Crippen molar-refractivity contribution in [1.29, 1.82) is 0 Å². The number of rotatable bonds is 1. The molecule has 7 nitrogen and oxygen atoms in total. The Labute approximate surface area is 123 Å². The van der Waals surface area contributed by atoms with Gasteiger partial charge in [-0.05, 0) is 25.7 Å². The molecule has 5 amide bonds. The van der Waals surface area contributed by atoms with Crippen LogP contribution in [-0.4, -0.2) is 47.5 Å². The van der Waals surface area contributed by atoms with E-state index in [1.54, 1.807) is 4.90 Å². The Bertz CT molecular complexity index is 451. The van der Waals surface area contributed by atoms with Crippen molar-refractivity contribution in [3.8, 4) is 0 Å². The molecule has 7 heteroatoms. The summed E-state index contributed by atoms with van der Waals surface area (Å²) in [5, 5.41) is 8.07. The smallest absolute Gasteiger partial charge is 0.322 e. The second-order valence-corrected chi connectivity index (χ2v) is 6.26. The van der Waals surface area contributed by atoms with Crippen molar-refractivity contribution >= 4 is 18.0 Å². The summed E-state index contributed by atoms with van der Waals surface area (Å²) >= 11 is 0. The van der Waals surface area contributed by atoms with Crippen LogP contribution < -0.4 is 16.0 Å². The number of amides is 5. The molecule has 3 fully saturated rings. The number of carbonyl (C=O) groups excluding carboxylic acids is 3. The Balaban J connectivity index is 1.52. The van der Waals surface area contributed by atoms with Crippen molar-refractivity contribution in [3.05, 3.63) is 0 Å². The van der Waals surface area contributed by atoms with Crippen LogP contribution in [0.5, 0.6) is 0 Å². The zero-order valence-corrected chi connectivity index (χ0v) is 12.1. The molecule has 0 unspecified atom stereocenters. The Morgan fingerprint density at radius 1 is 1.14 bits per heavy atom. The van der Waals surface area contributed by atoms with Crippen LogP contribution in [0.15, 0.2) is 0 Å². The maximum absolute atomic E-state index is 12.2. The van der Waals surface area contributed by atoms with Gasteiger partial charge in [0, 0.05) is 19.1 Å². The summed E-state index contributed by atoms with van der Waals surface area (Å²) in [5.74, 6) is -0.264. The quantitative estimate of drug-likeness (QED) is 0.622. The summed E-state index contributed by atoms with van der Waals surface area (Å²) in [4.78, 5) is 37.1. The Morgan fingerprint density at radius 3 is 2.38 bits per heavy atom. The number of likely N-dealkylation sites (tertiary alicyclic amines) is 1.